The van der Waals surface area contributed by atoms with Crippen molar-refractivity contribution in [2.24, 2.45) is 0 Å². The second-order valence-corrected chi connectivity index (χ2v) is 7.36. The number of nitrogens with one attached hydrogen (secondary N) is 1. The van der Waals surface area contributed by atoms with Crippen molar-refractivity contribution in [2.45, 2.75) is 96.0 Å². The summed E-state index contributed by atoms with van der Waals surface area (Å²) >= 11 is 0. The van der Waals surface area contributed by atoms with E-state index in [0.717, 1.165) is 25.9 Å². The summed E-state index contributed by atoms with van der Waals surface area (Å²) in [7, 11) is 0. The summed E-state index contributed by atoms with van der Waals surface area (Å²) in [6, 6.07) is 0. The molecule has 1 aliphatic heterocycles. The van der Waals surface area contributed by atoms with Crippen LogP contribution < -0.4 is 4.90 Å². The van der Waals surface area contributed by atoms with E-state index in [1.165, 1.54) is 81.9 Å². The Bertz CT molecular complexity index is 288. The third-order valence-electron chi connectivity index (χ3n) is 5.31. The molecule has 0 radical (unpaired) electrons. The van der Waals surface area contributed by atoms with Crippen LogP contribution in [0.2, 0.25) is 0 Å². The minimum absolute atomic E-state index is 0.0500. The molecule has 22 heavy (non-hydrogen) atoms. The molecule has 0 aromatic carbocycles. The first kappa shape index (κ1) is 17.8. The maximum absolute atomic E-state index is 12.2. The van der Waals surface area contributed by atoms with E-state index >= 15 is 0 Å². The SMILES string of the molecule is O=C(C[NH+]1CCCCC1)OC1CCCCCCCCCCC1. The number of carbonyl (C=O) groups excluding carboxylic acids is 1. The highest BCUT2D eigenvalue weighted by atomic mass is 16.5. The number of rotatable bonds is 3. The van der Waals surface area contributed by atoms with Crippen LogP contribution in [0.5, 0.6) is 0 Å². The minimum Gasteiger partial charge on any atom is -0.458 e. The molecule has 128 valence electrons. The first-order valence-electron chi connectivity index (χ1n) is 9.87. The summed E-state index contributed by atoms with van der Waals surface area (Å²) in [5, 5.41) is 0. The Morgan fingerprint density at radius 2 is 1.18 bits per heavy atom. The molecule has 0 amide bonds. The number of likely N-dealkylation sites (tertiary alicyclic amines) is 1. The Kier molecular flexibility index (Phi) is 8.92. The molecule has 1 saturated carbocycles. The molecule has 0 atom stereocenters. The van der Waals surface area contributed by atoms with Crippen molar-refractivity contribution in [3.8, 4) is 0 Å². The summed E-state index contributed by atoms with van der Waals surface area (Å²) in [4.78, 5) is 13.6. The number of esters is 1. The van der Waals surface area contributed by atoms with Gasteiger partial charge in [-0.05, 0) is 44.9 Å². The van der Waals surface area contributed by atoms with Gasteiger partial charge in [-0.2, -0.15) is 0 Å². The number of quaternary nitrogens is 1. The lowest BCUT2D eigenvalue weighted by Crippen LogP contribution is -3.13. The fraction of sp³-hybridized carbons (Fsp3) is 0.947. The van der Waals surface area contributed by atoms with Crippen molar-refractivity contribution in [3.05, 3.63) is 0 Å². The Hall–Kier alpha value is -0.570. The Morgan fingerprint density at radius 3 is 1.73 bits per heavy atom. The number of piperidine rings is 1. The van der Waals surface area contributed by atoms with Gasteiger partial charge in [-0.3, -0.25) is 0 Å². The van der Waals surface area contributed by atoms with Crippen LogP contribution in [0.3, 0.4) is 0 Å². The van der Waals surface area contributed by atoms with Gasteiger partial charge >= 0.3 is 5.97 Å². The molecule has 0 aromatic heterocycles. The van der Waals surface area contributed by atoms with Gasteiger partial charge in [0.05, 0.1) is 13.1 Å². The van der Waals surface area contributed by atoms with Gasteiger partial charge in [-0.25, -0.2) is 4.79 Å². The summed E-state index contributed by atoms with van der Waals surface area (Å²) in [6.07, 6.45) is 18.2. The van der Waals surface area contributed by atoms with Crippen LogP contribution >= 0.6 is 0 Å². The molecule has 2 fully saturated rings. The fourth-order valence-corrected chi connectivity index (χ4v) is 3.90. The number of carbonyl (C=O) groups is 1. The van der Waals surface area contributed by atoms with Crippen molar-refractivity contribution < 1.29 is 14.4 Å². The maximum atomic E-state index is 12.2. The van der Waals surface area contributed by atoms with Gasteiger partial charge < -0.3 is 9.64 Å². The monoisotopic (exact) mass is 310 g/mol. The topological polar surface area (TPSA) is 30.7 Å². The van der Waals surface area contributed by atoms with Crippen molar-refractivity contribution in [3.63, 3.8) is 0 Å². The van der Waals surface area contributed by atoms with E-state index in [4.69, 9.17) is 4.74 Å². The number of ether oxygens (including phenoxy) is 1. The van der Waals surface area contributed by atoms with Crippen LogP contribution in [0, 0.1) is 0 Å². The van der Waals surface area contributed by atoms with Gasteiger partial charge in [0.2, 0.25) is 0 Å². The molecule has 1 heterocycles. The Morgan fingerprint density at radius 1 is 0.727 bits per heavy atom. The summed E-state index contributed by atoms with van der Waals surface area (Å²) in [6.45, 7) is 2.90. The minimum atomic E-state index is 0.0500. The van der Waals surface area contributed by atoms with E-state index in [1.54, 1.807) is 0 Å². The number of hydrogen-bond donors (Lipinski definition) is 1. The molecule has 0 bridgehead atoms. The standard InChI is InChI=1S/C19H35NO2/c21-19(17-20-15-11-8-12-16-20)22-18-13-9-6-4-2-1-3-5-7-10-14-18/h18H,1-17H2/p+1. The average molecular weight is 311 g/mol. The van der Waals surface area contributed by atoms with Gasteiger partial charge in [-0.15, -0.1) is 0 Å². The second kappa shape index (κ2) is 11.0. The van der Waals surface area contributed by atoms with Crippen LogP contribution in [0.15, 0.2) is 0 Å². The highest BCUT2D eigenvalue weighted by Crippen LogP contribution is 2.18. The van der Waals surface area contributed by atoms with Gasteiger partial charge in [-0.1, -0.05) is 44.9 Å². The molecule has 2 rings (SSSR count). The normalized spacial score (nSPS) is 24.2. The van der Waals surface area contributed by atoms with E-state index in [0.29, 0.717) is 6.54 Å². The second-order valence-electron chi connectivity index (χ2n) is 7.36. The molecule has 2 aliphatic rings. The zero-order chi connectivity index (χ0) is 15.5. The Balaban J connectivity index is 1.70. The first-order chi connectivity index (χ1) is 10.8. The fourth-order valence-electron chi connectivity index (χ4n) is 3.90. The summed E-state index contributed by atoms with van der Waals surface area (Å²) in [5.74, 6) is 0.0500. The van der Waals surface area contributed by atoms with Crippen molar-refractivity contribution >= 4 is 5.97 Å². The Labute approximate surface area is 136 Å². The molecular weight excluding hydrogens is 274 g/mol. The van der Waals surface area contributed by atoms with E-state index < -0.39 is 0 Å². The molecule has 0 spiro atoms. The average Bonchev–Trinajstić information content (AvgIpc) is 2.51. The van der Waals surface area contributed by atoms with Crippen LogP contribution in [-0.4, -0.2) is 31.7 Å². The van der Waals surface area contributed by atoms with Crippen LogP contribution in [0.4, 0.5) is 0 Å². The van der Waals surface area contributed by atoms with E-state index in [-0.39, 0.29) is 12.1 Å². The molecule has 1 aliphatic carbocycles. The predicted octanol–water partition coefficient (Wildman–Crippen LogP) is 3.27. The highest BCUT2D eigenvalue weighted by Gasteiger charge is 2.21. The van der Waals surface area contributed by atoms with E-state index in [1.807, 2.05) is 0 Å². The quantitative estimate of drug-likeness (QED) is 0.811. The largest absolute Gasteiger partial charge is 0.458 e. The number of hydrogen-bond acceptors (Lipinski definition) is 2. The van der Waals surface area contributed by atoms with Gasteiger partial charge in [0.1, 0.15) is 6.10 Å². The third-order valence-corrected chi connectivity index (χ3v) is 5.31. The zero-order valence-electron chi connectivity index (χ0n) is 14.4. The summed E-state index contributed by atoms with van der Waals surface area (Å²) in [5.41, 5.74) is 0. The summed E-state index contributed by atoms with van der Waals surface area (Å²) < 4.78 is 5.84. The van der Waals surface area contributed by atoms with Crippen LogP contribution in [-0.2, 0) is 9.53 Å². The maximum Gasteiger partial charge on any atom is 0.361 e. The lowest BCUT2D eigenvalue weighted by molar-refractivity contribution is -0.897. The molecule has 1 N–H and O–H groups in total. The third kappa shape index (κ3) is 7.62. The smallest absolute Gasteiger partial charge is 0.361 e. The predicted molar refractivity (Wildman–Crippen MR) is 90.1 cm³/mol. The van der Waals surface area contributed by atoms with Crippen molar-refractivity contribution in [1.82, 2.24) is 0 Å². The van der Waals surface area contributed by atoms with Crippen LogP contribution in [0.1, 0.15) is 89.9 Å². The van der Waals surface area contributed by atoms with E-state index in [9.17, 15) is 4.79 Å². The van der Waals surface area contributed by atoms with Gasteiger partial charge in [0.15, 0.2) is 6.54 Å². The molecular formula is C19H36NO2+. The molecule has 1 saturated heterocycles. The molecule has 3 heteroatoms. The van der Waals surface area contributed by atoms with Crippen LogP contribution in [0.25, 0.3) is 0 Å². The van der Waals surface area contributed by atoms with Gasteiger partial charge in [0.25, 0.3) is 0 Å². The molecule has 0 unspecified atom stereocenters. The van der Waals surface area contributed by atoms with Gasteiger partial charge in [0, 0.05) is 0 Å². The van der Waals surface area contributed by atoms with Crippen molar-refractivity contribution in [1.29, 1.82) is 0 Å². The van der Waals surface area contributed by atoms with Crippen molar-refractivity contribution in [2.75, 3.05) is 19.6 Å². The lowest BCUT2D eigenvalue weighted by atomic mass is 9.99. The highest BCUT2D eigenvalue weighted by molar-refractivity contribution is 5.70. The molecule has 0 aromatic rings. The molecule has 3 nitrogen and oxygen atoms in total. The zero-order valence-corrected chi connectivity index (χ0v) is 14.4. The lowest BCUT2D eigenvalue weighted by Gasteiger charge is -2.24. The first-order valence-corrected chi connectivity index (χ1v) is 9.87. The van der Waals surface area contributed by atoms with E-state index in [2.05, 4.69) is 0 Å².